The second-order valence-corrected chi connectivity index (χ2v) is 4.55. The predicted octanol–water partition coefficient (Wildman–Crippen LogP) is 2.58. The van der Waals surface area contributed by atoms with E-state index in [1.165, 1.54) is 5.56 Å². The zero-order valence-corrected chi connectivity index (χ0v) is 10.8. The molecular weight excluding hydrogens is 222 g/mol. The summed E-state index contributed by atoms with van der Waals surface area (Å²) in [4.78, 5) is 0. The Bertz CT molecular complexity index is 264. The summed E-state index contributed by atoms with van der Waals surface area (Å²) >= 11 is 1.68. The number of thiophene rings is 1. The van der Waals surface area contributed by atoms with E-state index < -0.39 is 0 Å². The van der Waals surface area contributed by atoms with Crippen molar-refractivity contribution in [1.82, 2.24) is 0 Å². The maximum Gasteiger partial charge on any atom is 0.0983 e. The average molecular weight is 243 g/mol. The Labute approximate surface area is 102 Å². The number of hydrogen-bond acceptors (Lipinski definition) is 4. The lowest BCUT2D eigenvalue weighted by Gasteiger charge is -2.22. The third kappa shape index (κ3) is 4.22. The normalized spacial score (nSPS) is 14.9. The molecular formula is C12H21NO2S. The van der Waals surface area contributed by atoms with Gasteiger partial charge >= 0.3 is 0 Å². The van der Waals surface area contributed by atoms with Gasteiger partial charge in [-0.25, -0.2) is 0 Å². The lowest BCUT2D eigenvalue weighted by atomic mass is 10.0. The molecule has 0 aromatic carbocycles. The molecule has 92 valence electrons. The number of rotatable bonds is 8. The van der Waals surface area contributed by atoms with E-state index >= 15 is 0 Å². The Morgan fingerprint density at radius 1 is 1.44 bits per heavy atom. The van der Waals surface area contributed by atoms with Gasteiger partial charge in [0.25, 0.3) is 0 Å². The molecule has 2 unspecified atom stereocenters. The Morgan fingerprint density at radius 2 is 2.25 bits per heavy atom. The van der Waals surface area contributed by atoms with E-state index in [1.54, 1.807) is 18.4 Å². The summed E-state index contributed by atoms with van der Waals surface area (Å²) in [5.74, 6) is 0. The first-order chi connectivity index (χ1) is 7.79. The van der Waals surface area contributed by atoms with Crippen molar-refractivity contribution in [2.45, 2.75) is 31.9 Å². The standard InChI is InChI=1S/C12H21NO2S/c1-3-11(13)12(10-5-8-16-9-10)15-7-4-6-14-2/h5,8-9,11-12H,3-4,6-7,13H2,1-2H3. The number of nitrogens with two attached hydrogens (primary N) is 1. The van der Waals surface area contributed by atoms with E-state index in [9.17, 15) is 0 Å². The first-order valence-electron chi connectivity index (χ1n) is 5.67. The highest BCUT2D eigenvalue weighted by atomic mass is 32.1. The zero-order valence-electron chi connectivity index (χ0n) is 10.0. The Morgan fingerprint density at radius 3 is 2.81 bits per heavy atom. The summed E-state index contributed by atoms with van der Waals surface area (Å²) in [5, 5.41) is 4.17. The molecule has 0 spiro atoms. The Balaban J connectivity index is 2.45. The fourth-order valence-corrected chi connectivity index (χ4v) is 2.22. The van der Waals surface area contributed by atoms with Crippen LogP contribution in [-0.4, -0.2) is 26.4 Å². The van der Waals surface area contributed by atoms with Gasteiger partial charge in [-0.15, -0.1) is 0 Å². The van der Waals surface area contributed by atoms with Gasteiger partial charge in [0.15, 0.2) is 0 Å². The summed E-state index contributed by atoms with van der Waals surface area (Å²) in [5.41, 5.74) is 7.26. The van der Waals surface area contributed by atoms with Crippen LogP contribution in [0.25, 0.3) is 0 Å². The number of methoxy groups -OCH3 is 1. The monoisotopic (exact) mass is 243 g/mol. The van der Waals surface area contributed by atoms with E-state index in [0.717, 1.165) is 19.4 Å². The van der Waals surface area contributed by atoms with Crippen LogP contribution < -0.4 is 5.73 Å². The number of hydrogen-bond donors (Lipinski definition) is 1. The summed E-state index contributed by atoms with van der Waals surface area (Å²) in [7, 11) is 1.70. The fraction of sp³-hybridized carbons (Fsp3) is 0.667. The molecule has 0 aliphatic rings. The highest BCUT2D eigenvalue weighted by Crippen LogP contribution is 2.24. The van der Waals surface area contributed by atoms with Crippen molar-refractivity contribution in [3.8, 4) is 0 Å². The van der Waals surface area contributed by atoms with Gasteiger partial charge in [0.05, 0.1) is 6.10 Å². The highest BCUT2D eigenvalue weighted by Gasteiger charge is 2.19. The quantitative estimate of drug-likeness (QED) is 0.714. The van der Waals surface area contributed by atoms with Crippen molar-refractivity contribution in [2.75, 3.05) is 20.3 Å². The third-order valence-corrected chi connectivity index (χ3v) is 3.22. The average Bonchev–Trinajstić information content (AvgIpc) is 2.82. The van der Waals surface area contributed by atoms with Crippen molar-refractivity contribution in [3.63, 3.8) is 0 Å². The van der Waals surface area contributed by atoms with Crippen molar-refractivity contribution in [3.05, 3.63) is 22.4 Å². The zero-order chi connectivity index (χ0) is 11.8. The van der Waals surface area contributed by atoms with Crippen LogP contribution >= 0.6 is 11.3 Å². The second-order valence-electron chi connectivity index (χ2n) is 3.77. The maximum atomic E-state index is 6.07. The van der Waals surface area contributed by atoms with E-state index in [-0.39, 0.29) is 12.1 Å². The first-order valence-corrected chi connectivity index (χ1v) is 6.62. The van der Waals surface area contributed by atoms with Gasteiger partial charge in [-0.2, -0.15) is 11.3 Å². The van der Waals surface area contributed by atoms with E-state index in [2.05, 4.69) is 23.8 Å². The fourth-order valence-electron chi connectivity index (χ4n) is 1.53. The van der Waals surface area contributed by atoms with Crippen LogP contribution in [0, 0.1) is 0 Å². The molecule has 3 nitrogen and oxygen atoms in total. The lowest BCUT2D eigenvalue weighted by molar-refractivity contribution is 0.0225. The largest absolute Gasteiger partial charge is 0.385 e. The molecule has 16 heavy (non-hydrogen) atoms. The van der Waals surface area contributed by atoms with Gasteiger partial charge in [-0.3, -0.25) is 0 Å². The van der Waals surface area contributed by atoms with Crippen molar-refractivity contribution in [2.24, 2.45) is 5.73 Å². The lowest BCUT2D eigenvalue weighted by Crippen LogP contribution is -2.29. The van der Waals surface area contributed by atoms with Gasteiger partial charge in [0, 0.05) is 26.4 Å². The molecule has 0 radical (unpaired) electrons. The van der Waals surface area contributed by atoms with Crippen LogP contribution in [0.3, 0.4) is 0 Å². The molecule has 0 aliphatic carbocycles. The van der Waals surface area contributed by atoms with Gasteiger partial charge in [-0.05, 0) is 35.2 Å². The molecule has 0 saturated heterocycles. The SMILES string of the molecule is CCC(N)C(OCCCOC)c1ccsc1. The van der Waals surface area contributed by atoms with Crippen LogP contribution in [0.15, 0.2) is 16.8 Å². The summed E-state index contributed by atoms with van der Waals surface area (Å²) in [6.45, 7) is 3.52. The molecule has 0 saturated carbocycles. The van der Waals surface area contributed by atoms with Crippen molar-refractivity contribution in [1.29, 1.82) is 0 Å². The highest BCUT2D eigenvalue weighted by molar-refractivity contribution is 7.07. The van der Waals surface area contributed by atoms with Crippen LogP contribution in [0.5, 0.6) is 0 Å². The molecule has 1 aromatic heterocycles. The molecule has 1 heterocycles. The Kier molecular flexibility index (Phi) is 6.64. The van der Waals surface area contributed by atoms with Gasteiger partial charge < -0.3 is 15.2 Å². The molecule has 0 bridgehead atoms. The van der Waals surface area contributed by atoms with E-state index in [4.69, 9.17) is 15.2 Å². The van der Waals surface area contributed by atoms with Crippen LogP contribution in [0.1, 0.15) is 31.4 Å². The van der Waals surface area contributed by atoms with Crippen LogP contribution in [0.2, 0.25) is 0 Å². The minimum atomic E-state index is 0.0214. The second kappa shape index (κ2) is 7.79. The van der Waals surface area contributed by atoms with Gasteiger partial charge in [0.2, 0.25) is 0 Å². The molecule has 1 aromatic rings. The van der Waals surface area contributed by atoms with Crippen molar-refractivity contribution >= 4 is 11.3 Å². The van der Waals surface area contributed by atoms with Gasteiger partial charge in [0.1, 0.15) is 0 Å². The van der Waals surface area contributed by atoms with Gasteiger partial charge in [-0.1, -0.05) is 6.92 Å². The first kappa shape index (κ1) is 13.6. The third-order valence-electron chi connectivity index (χ3n) is 2.52. The molecule has 2 atom stereocenters. The van der Waals surface area contributed by atoms with E-state index in [1.807, 2.05) is 0 Å². The van der Waals surface area contributed by atoms with Crippen LogP contribution in [0.4, 0.5) is 0 Å². The van der Waals surface area contributed by atoms with Crippen LogP contribution in [-0.2, 0) is 9.47 Å². The minimum Gasteiger partial charge on any atom is -0.385 e. The molecule has 2 N–H and O–H groups in total. The number of ether oxygens (including phenoxy) is 2. The molecule has 0 fully saturated rings. The maximum absolute atomic E-state index is 6.07. The topological polar surface area (TPSA) is 44.5 Å². The summed E-state index contributed by atoms with van der Waals surface area (Å²) in [6.07, 6.45) is 1.85. The van der Waals surface area contributed by atoms with Crippen molar-refractivity contribution < 1.29 is 9.47 Å². The summed E-state index contributed by atoms with van der Waals surface area (Å²) < 4.78 is 10.8. The Hall–Kier alpha value is -0.420. The minimum absolute atomic E-state index is 0.0214. The van der Waals surface area contributed by atoms with E-state index in [0.29, 0.717) is 6.61 Å². The molecule has 0 aliphatic heterocycles. The molecule has 0 amide bonds. The predicted molar refractivity (Wildman–Crippen MR) is 67.8 cm³/mol. The summed E-state index contributed by atoms with van der Waals surface area (Å²) in [6, 6.07) is 2.15. The molecule has 4 heteroatoms. The molecule has 1 rings (SSSR count). The smallest absolute Gasteiger partial charge is 0.0983 e.